The molecule has 0 radical (unpaired) electrons. The molecule has 0 spiro atoms. The predicted molar refractivity (Wildman–Crippen MR) is 83.5 cm³/mol. The molecule has 0 fully saturated rings. The minimum Gasteiger partial charge on any atom is -0.516 e. The Labute approximate surface area is 122 Å². The van der Waals surface area contributed by atoms with Crippen LogP contribution >= 0.6 is 0 Å². The Morgan fingerprint density at radius 3 is 1.65 bits per heavy atom. The summed E-state index contributed by atoms with van der Waals surface area (Å²) in [6, 6.07) is 0.331. The van der Waals surface area contributed by atoms with Gasteiger partial charge >= 0.3 is 13.1 Å². The van der Waals surface area contributed by atoms with Gasteiger partial charge in [-0.15, -0.1) is 0 Å². The fraction of sp³-hybridized carbons (Fsp3) is 0.692. The molecule has 0 aromatic carbocycles. The Kier molecular flexibility index (Phi) is 5.73. The van der Waals surface area contributed by atoms with E-state index < -0.39 is 15.4 Å². The van der Waals surface area contributed by atoms with Crippen LogP contribution in [0.4, 0.5) is 0 Å². The zero-order valence-corrected chi connectivity index (χ0v) is 14.2. The zero-order chi connectivity index (χ0) is 15.5. The van der Waals surface area contributed by atoms with Gasteiger partial charge in [0.25, 0.3) is 8.32 Å². The lowest BCUT2D eigenvalue weighted by Crippen LogP contribution is -2.51. The van der Waals surface area contributed by atoms with E-state index in [0.717, 1.165) is 0 Å². The first-order valence-corrected chi connectivity index (χ1v) is 9.22. The molecule has 7 heteroatoms. The Bertz CT molecular complexity index is 402. The van der Waals surface area contributed by atoms with Crippen LogP contribution in [0.1, 0.15) is 41.5 Å². The zero-order valence-electron chi connectivity index (χ0n) is 13.2. The number of hydrogen-bond donors (Lipinski definition) is 2. The molecule has 0 aliphatic carbocycles. The lowest BCUT2D eigenvalue weighted by Gasteiger charge is -2.41. The van der Waals surface area contributed by atoms with Crippen molar-refractivity contribution in [2.45, 2.75) is 58.2 Å². The van der Waals surface area contributed by atoms with Crippen LogP contribution in [-0.2, 0) is 0 Å². The SMILES string of the molecule is CC(C)[Si](Oc1ncc(B(O)O)cn1)(C(C)C)C(C)C. The Morgan fingerprint density at radius 2 is 1.35 bits per heavy atom. The smallest absolute Gasteiger partial charge is 0.491 e. The minimum absolute atomic E-state index is 0.267. The van der Waals surface area contributed by atoms with E-state index in [2.05, 4.69) is 51.5 Å². The van der Waals surface area contributed by atoms with Crippen LogP contribution in [0.3, 0.4) is 0 Å². The van der Waals surface area contributed by atoms with Gasteiger partial charge in [-0.1, -0.05) is 41.5 Å². The van der Waals surface area contributed by atoms with E-state index in [4.69, 9.17) is 14.5 Å². The van der Waals surface area contributed by atoms with Gasteiger partial charge in [-0.25, -0.2) is 9.97 Å². The second-order valence-corrected chi connectivity index (χ2v) is 11.5. The summed E-state index contributed by atoms with van der Waals surface area (Å²) in [4.78, 5) is 8.23. The number of hydrogen-bond acceptors (Lipinski definition) is 5. The molecule has 0 atom stereocenters. The number of nitrogens with zero attached hydrogens (tertiary/aromatic N) is 2. The molecular formula is C13H25BN2O3Si. The second kappa shape index (κ2) is 6.69. The highest BCUT2D eigenvalue weighted by molar-refractivity contribution is 6.78. The molecule has 1 aromatic heterocycles. The maximum atomic E-state index is 9.06. The number of aromatic nitrogens is 2. The van der Waals surface area contributed by atoms with Crippen molar-refractivity contribution in [3.63, 3.8) is 0 Å². The molecule has 0 aliphatic heterocycles. The highest BCUT2D eigenvalue weighted by Crippen LogP contribution is 2.41. The van der Waals surface area contributed by atoms with E-state index in [9.17, 15) is 0 Å². The molecule has 0 saturated heterocycles. The Hall–Kier alpha value is -0.918. The molecule has 0 bridgehead atoms. The first kappa shape index (κ1) is 17.1. The fourth-order valence-electron chi connectivity index (χ4n) is 3.02. The van der Waals surface area contributed by atoms with Gasteiger partial charge in [0.15, 0.2) is 0 Å². The Balaban J connectivity index is 3.07. The van der Waals surface area contributed by atoms with E-state index in [1.165, 1.54) is 12.4 Å². The van der Waals surface area contributed by atoms with Crippen LogP contribution in [-0.4, -0.2) is 35.5 Å². The predicted octanol–water partition coefficient (Wildman–Crippen LogP) is 1.71. The summed E-state index contributed by atoms with van der Waals surface area (Å²) < 4.78 is 6.27. The molecule has 5 nitrogen and oxygen atoms in total. The molecule has 0 amide bonds. The van der Waals surface area contributed by atoms with Gasteiger partial charge in [0, 0.05) is 17.9 Å². The van der Waals surface area contributed by atoms with Crippen molar-refractivity contribution in [2.24, 2.45) is 0 Å². The summed E-state index contributed by atoms with van der Waals surface area (Å²) in [6.45, 7) is 13.2. The summed E-state index contributed by atoms with van der Waals surface area (Å²) in [5.74, 6) is 0. The third-order valence-electron chi connectivity index (χ3n) is 3.92. The molecule has 1 aromatic rings. The Morgan fingerprint density at radius 1 is 0.950 bits per heavy atom. The summed E-state index contributed by atoms with van der Waals surface area (Å²) in [6.07, 6.45) is 2.79. The van der Waals surface area contributed by atoms with E-state index in [-0.39, 0.29) is 5.46 Å². The molecule has 0 unspecified atom stereocenters. The van der Waals surface area contributed by atoms with Crippen LogP contribution in [0.25, 0.3) is 0 Å². The lowest BCUT2D eigenvalue weighted by molar-refractivity contribution is 0.424. The van der Waals surface area contributed by atoms with Crippen LogP contribution in [0.5, 0.6) is 6.01 Å². The van der Waals surface area contributed by atoms with Crippen LogP contribution in [0.2, 0.25) is 16.6 Å². The quantitative estimate of drug-likeness (QED) is 0.782. The first-order chi connectivity index (χ1) is 9.21. The molecule has 1 rings (SSSR count). The molecule has 112 valence electrons. The fourth-order valence-corrected chi connectivity index (χ4v) is 8.15. The van der Waals surface area contributed by atoms with Gasteiger partial charge in [0.05, 0.1) is 0 Å². The van der Waals surface area contributed by atoms with E-state index in [1.54, 1.807) is 0 Å². The monoisotopic (exact) mass is 296 g/mol. The van der Waals surface area contributed by atoms with Crippen molar-refractivity contribution in [2.75, 3.05) is 0 Å². The maximum Gasteiger partial charge on any atom is 0.491 e. The van der Waals surface area contributed by atoms with Crippen molar-refractivity contribution in [1.82, 2.24) is 9.97 Å². The van der Waals surface area contributed by atoms with E-state index in [1.807, 2.05) is 0 Å². The van der Waals surface area contributed by atoms with Gasteiger partial charge < -0.3 is 14.5 Å². The van der Waals surface area contributed by atoms with Crippen molar-refractivity contribution in [3.8, 4) is 6.01 Å². The summed E-state index contributed by atoms with van der Waals surface area (Å²) >= 11 is 0. The average molecular weight is 296 g/mol. The third-order valence-corrected chi connectivity index (χ3v) is 9.87. The molecule has 2 N–H and O–H groups in total. The molecule has 0 saturated carbocycles. The van der Waals surface area contributed by atoms with Gasteiger partial charge in [-0.3, -0.25) is 0 Å². The van der Waals surface area contributed by atoms with Crippen molar-refractivity contribution in [1.29, 1.82) is 0 Å². The van der Waals surface area contributed by atoms with Gasteiger partial charge in [0.1, 0.15) is 0 Å². The van der Waals surface area contributed by atoms with Crippen molar-refractivity contribution >= 4 is 20.9 Å². The second-order valence-electron chi connectivity index (χ2n) is 6.09. The first-order valence-electron chi connectivity index (χ1n) is 7.08. The highest BCUT2D eigenvalue weighted by Gasteiger charge is 2.47. The molecular weight excluding hydrogens is 271 g/mol. The average Bonchev–Trinajstić information content (AvgIpc) is 2.35. The lowest BCUT2D eigenvalue weighted by atomic mass is 9.83. The molecule has 0 aliphatic rings. The molecule has 1 heterocycles. The van der Waals surface area contributed by atoms with Crippen molar-refractivity contribution in [3.05, 3.63) is 12.4 Å². The maximum absolute atomic E-state index is 9.06. The van der Waals surface area contributed by atoms with Crippen LogP contribution in [0.15, 0.2) is 12.4 Å². The largest absolute Gasteiger partial charge is 0.516 e. The van der Waals surface area contributed by atoms with E-state index in [0.29, 0.717) is 22.6 Å². The normalized spacial score (nSPS) is 12.3. The minimum atomic E-state index is -2.06. The number of rotatable bonds is 6. The summed E-state index contributed by atoms with van der Waals surface area (Å²) in [7, 11) is -3.61. The summed E-state index contributed by atoms with van der Waals surface area (Å²) in [5.41, 5.74) is 1.58. The van der Waals surface area contributed by atoms with Crippen LogP contribution in [0, 0.1) is 0 Å². The van der Waals surface area contributed by atoms with Gasteiger partial charge in [0.2, 0.25) is 0 Å². The third kappa shape index (κ3) is 3.39. The highest BCUT2D eigenvalue weighted by atomic mass is 28.4. The summed E-state index contributed by atoms with van der Waals surface area (Å²) in [5, 5.41) is 18.1. The van der Waals surface area contributed by atoms with E-state index >= 15 is 0 Å². The van der Waals surface area contributed by atoms with Crippen LogP contribution < -0.4 is 9.89 Å². The van der Waals surface area contributed by atoms with Gasteiger partial charge in [-0.05, 0) is 16.6 Å². The molecule has 20 heavy (non-hydrogen) atoms. The topological polar surface area (TPSA) is 75.5 Å². The standard InChI is InChI=1S/C13H25BN2O3Si/c1-9(2)20(10(3)4,11(5)6)19-13-15-7-12(8-16-13)14(17)18/h7-11,17-18H,1-6H3. The van der Waals surface area contributed by atoms with Crippen molar-refractivity contribution < 1.29 is 14.5 Å². The van der Waals surface area contributed by atoms with Gasteiger partial charge in [-0.2, -0.15) is 0 Å².